The van der Waals surface area contributed by atoms with Crippen LogP contribution in [-0.4, -0.2) is 33.5 Å². The molecule has 1 saturated heterocycles. The highest BCUT2D eigenvalue weighted by molar-refractivity contribution is 5.11. The molecular formula is C10H12N2O4. The van der Waals surface area contributed by atoms with E-state index in [2.05, 4.69) is 4.98 Å². The lowest BCUT2D eigenvalue weighted by Crippen LogP contribution is -2.28. The number of ether oxygens (including phenoxy) is 2. The van der Waals surface area contributed by atoms with E-state index in [1.54, 1.807) is 17.7 Å². The Morgan fingerprint density at radius 2 is 2.44 bits per heavy atom. The van der Waals surface area contributed by atoms with Gasteiger partial charge in [0.1, 0.15) is 18.9 Å². The number of nitrogens with zero attached hydrogens (tertiary/aromatic N) is 2. The highest BCUT2D eigenvalue weighted by atomic mass is 16.6. The highest BCUT2D eigenvalue weighted by Gasteiger charge is 2.39. The van der Waals surface area contributed by atoms with Crippen LogP contribution in [0.4, 0.5) is 0 Å². The van der Waals surface area contributed by atoms with Gasteiger partial charge in [0.05, 0.1) is 6.10 Å². The molecule has 0 aliphatic carbocycles. The molecule has 2 aliphatic heterocycles. The Morgan fingerprint density at radius 3 is 3.25 bits per heavy atom. The van der Waals surface area contributed by atoms with Crippen LogP contribution in [0.25, 0.3) is 0 Å². The Hall–Kier alpha value is -1.40. The number of hydrogen-bond donors (Lipinski definition) is 1. The molecule has 86 valence electrons. The smallest absolute Gasteiger partial charge is 0.301 e. The van der Waals surface area contributed by atoms with E-state index >= 15 is 0 Å². The van der Waals surface area contributed by atoms with Crippen LogP contribution in [0.1, 0.15) is 18.2 Å². The molecule has 3 heterocycles. The van der Waals surface area contributed by atoms with Crippen LogP contribution < -0.4 is 10.3 Å². The van der Waals surface area contributed by atoms with E-state index in [-0.39, 0.29) is 30.5 Å². The molecule has 1 N–H and O–H groups in total. The molecular weight excluding hydrogens is 212 g/mol. The molecule has 6 nitrogen and oxygen atoms in total. The summed E-state index contributed by atoms with van der Waals surface area (Å²) < 4.78 is 12.6. The molecule has 2 aliphatic rings. The van der Waals surface area contributed by atoms with E-state index in [4.69, 9.17) is 9.47 Å². The SMILES string of the molecule is Cc1cn2c(nc1=O)OCC1OC2CC1O. The summed E-state index contributed by atoms with van der Waals surface area (Å²) in [5.41, 5.74) is 0.250. The first kappa shape index (κ1) is 9.80. The predicted octanol–water partition coefficient (Wildman–Crippen LogP) is -0.407. The molecule has 16 heavy (non-hydrogen) atoms. The number of rotatable bonds is 0. The maximum atomic E-state index is 11.4. The average molecular weight is 224 g/mol. The number of aliphatic hydroxyl groups is 1. The van der Waals surface area contributed by atoms with E-state index in [1.165, 1.54) is 0 Å². The zero-order valence-electron chi connectivity index (χ0n) is 8.79. The number of aromatic nitrogens is 2. The van der Waals surface area contributed by atoms with Gasteiger partial charge < -0.3 is 14.6 Å². The van der Waals surface area contributed by atoms with Gasteiger partial charge in [-0.25, -0.2) is 0 Å². The minimum absolute atomic E-state index is 0.229. The minimum atomic E-state index is -0.516. The van der Waals surface area contributed by atoms with Gasteiger partial charge >= 0.3 is 6.01 Å². The second-order valence-electron chi connectivity index (χ2n) is 4.16. The fourth-order valence-electron chi connectivity index (χ4n) is 2.06. The summed E-state index contributed by atoms with van der Waals surface area (Å²) in [6, 6.07) is 0.273. The molecule has 2 bridgehead atoms. The standard InChI is InChI=1S/C10H12N2O4/c1-5-3-12-8-2-6(13)7(16-8)4-15-10(12)11-9(5)14/h3,6-8,13H,2,4H2,1H3. The molecule has 0 aromatic carbocycles. The van der Waals surface area contributed by atoms with Gasteiger partial charge in [-0.2, -0.15) is 4.98 Å². The normalized spacial score (nSPS) is 31.8. The number of aryl methyl sites for hydroxylation is 1. The van der Waals surface area contributed by atoms with E-state index < -0.39 is 6.10 Å². The molecule has 0 spiro atoms. The van der Waals surface area contributed by atoms with Crippen molar-refractivity contribution < 1.29 is 14.6 Å². The summed E-state index contributed by atoms with van der Waals surface area (Å²) in [4.78, 5) is 15.2. The van der Waals surface area contributed by atoms with Crippen molar-refractivity contribution in [2.24, 2.45) is 0 Å². The lowest BCUT2D eigenvalue weighted by Gasteiger charge is -2.16. The van der Waals surface area contributed by atoms with Crippen molar-refractivity contribution in [2.75, 3.05) is 6.61 Å². The summed E-state index contributed by atoms with van der Waals surface area (Å²) in [5, 5.41) is 9.67. The topological polar surface area (TPSA) is 73.6 Å². The van der Waals surface area contributed by atoms with Gasteiger partial charge in [-0.05, 0) is 6.92 Å². The Morgan fingerprint density at radius 1 is 1.62 bits per heavy atom. The molecule has 1 aromatic rings. The molecule has 0 amide bonds. The van der Waals surface area contributed by atoms with Gasteiger partial charge in [0.2, 0.25) is 0 Å². The van der Waals surface area contributed by atoms with E-state index in [1.807, 2.05) is 0 Å². The fraction of sp³-hybridized carbons (Fsp3) is 0.600. The molecule has 0 radical (unpaired) electrons. The molecule has 1 aromatic heterocycles. The Kier molecular flexibility index (Phi) is 2.02. The molecule has 0 saturated carbocycles. The van der Waals surface area contributed by atoms with Gasteiger partial charge in [0, 0.05) is 18.2 Å². The van der Waals surface area contributed by atoms with Crippen LogP contribution in [0, 0.1) is 6.92 Å². The first-order chi connectivity index (χ1) is 7.65. The third-order valence-corrected chi connectivity index (χ3v) is 2.98. The number of aliphatic hydroxyl groups excluding tert-OH is 1. The van der Waals surface area contributed by atoms with Crippen LogP contribution >= 0.6 is 0 Å². The maximum Gasteiger partial charge on any atom is 0.301 e. The van der Waals surface area contributed by atoms with Gasteiger partial charge in [-0.15, -0.1) is 0 Å². The maximum absolute atomic E-state index is 11.4. The molecule has 1 fully saturated rings. The third kappa shape index (κ3) is 1.34. The quantitative estimate of drug-likeness (QED) is 0.648. The Balaban J connectivity index is 2.10. The van der Waals surface area contributed by atoms with Crippen molar-refractivity contribution in [3.05, 3.63) is 22.1 Å². The Labute approximate surface area is 91.4 Å². The van der Waals surface area contributed by atoms with Crippen molar-refractivity contribution in [1.29, 1.82) is 0 Å². The highest BCUT2D eigenvalue weighted by Crippen LogP contribution is 2.33. The third-order valence-electron chi connectivity index (χ3n) is 2.98. The summed E-state index contributed by atoms with van der Waals surface area (Å²) in [6.07, 6.45) is 1.03. The molecule has 3 unspecified atom stereocenters. The second kappa shape index (κ2) is 3.29. The first-order valence-electron chi connectivity index (χ1n) is 5.21. The van der Waals surface area contributed by atoms with E-state index in [9.17, 15) is 9.90 Å². The average Bonchev–Trinajstić information content (AvgIpc) is 2.51. The van der Waals surface area contributed by atoms with Gasteiger partial charge in [-0.1, -0.05) is 0 Å². The lowest BCUT2D eigenvalue weighted by atomic mass is 10.2. The summed E-state index contributed by atoms with van der Waals surface area (Å²) in [7, 11) is 0. The molecule has 3 rings (SSSR count). The number of hydrogen-bond acceptors (Lipinski definition) is 5. The molecule has 3 atom stereocenters. The van der Waals surface area contributed by atoms with Gasteiger partial charge in [-0.3, -0.25) is 9.36 Å². The monoisotopic (exact) mass is 224 g/mol. The summed E-state index contributed by atoms with van der Waals surface area (Å²) in [6.45, 7) is 1.92. The van der Waals surface area contributed by atoms with Gasteiger partial charge in [0.15, 0.2) is 0 Å². The predicted molar refractivity (Wildman–Crippen MR) is 53.3 cm³/mol. The van der Waals surface area contributed by atoms with E-state index in [0.717, 1.165) is 0 Å². The van der Waals surface area contributed by atoms with Crippen molar-refractivity contribution in [3.63, 3.8) is 0 Å². The van der Waals surface area contributed by atoms with Crippen LogP contribution in [0.2, 0.25) is 0 Å². The second-order valence-corrected chi connectivity index (χ2v) is 4.16. The Bertz CT molecular complexity index is 484. The van der Waals surface area contributed by atoms with Crippen molar-refractivity contribution in [1.82, 2.24) is 9.55 Å². The molecule has 6 heteroatoms. The first-order valence-corrected chi connectivity index (χ1v) is 5.21. The van der Waals surface area contributed by atoms with E-state index in [0.29, 0.717) is 12.0 Å². The minimum Gasteiger partial charge on any atom is -0.462 e. The largest absolute Gasteiger partial charge is 0.462 e. The van der Waals surface area contributed by atoms with Crippen molar-refractivity contribution in [3.8, 4) is 6.01 Å². The van der Waals surface area contributed by atoms with Crippen LogP contribution in [-0.2, 0) is 4.74 Å². The van der Waals surface area contributed by atoms with Crippen LogP contribution in [0.15, 0.2) is 11.0 Å². The zero-order valence-corrected chi connectivity index (χ0v) is 8.79. The lowest BCUT2D eigenvalue weighted by molar-refractivity contribution is -0.0205. The summed E-state index contributed by atoms with van der Waals surface area (Å²) in [5.74, 6) is 0. The number of fused-ring (bicyclic) bond motifs is 4. The van der Waals surface area contributed by atoms with Crippen molar-refractivity contribution in [2.45, 2.75) is 31.8 Å². The van der Waals surface area contributed by atoms with Crippen LogP contribution in [0.3, 0.4) is 0 Å². The van der Waals surface area contributed by atoms with Crippen LogP contribution in [0.5, 0.6) is 6.01 Å². The van der Waals surface area contributed by atoms with Crippen molar-refractivity contribution >= 4 is 0 Å². The summed E-state index contributed by atoms with van der Waals surface area (Å²) >= 11 is 0. The zero-order chi connectivity index (χ0) is 11.3. The van der Waals surface area contributed by atoms with Gasteiger partial charge in [0.25, 0.3) is 5.56 Å². The fourth-order valence-corrected chi connectivity index (χ4v) is 2.06.